The number of nitrogens with zero attached hydrogens (tertiary/aromatic N) is 3. The van der Waals surface area contributed by atoms with Gasteiger partial charge in [0.05, 0.1) is 6.61 Å². The number of aliphatic hydroxyl groups excluding tert-OH is 1. The Morgan fingerprint density at radius 2 is 2.00 bits per heavy atom. The third kappa shape index (κ3) is 3.01. The molecule has 0 saturated heterocycles. The fraction of sp³-hybridized carbons (Fsp3) is 0.467. The van der Waals surface area contributed by atoms with Gasteiger partial charge < -0.3 is 5.11 Å². The van der Waals surface area contributed by atoms with Gasteiger partial charge in [0, 0.05) is 18.4 Å². The van der Waals surface area contributed by atoms with E-state index in [1.807, 2.05) is 16.8 Å². The Morgan fingerprint density at radius 3 is 2.63 bits per heavy atom. The van der Waals surface area contributed by atoms with Crippen molar-refractivity contribution in [3.8, 4) is 0 Å². The van der Waals surface area contributed by atoms with Gasteiger partial charge in [-0.2, -0.15) is 5.10 Å². The molecular weight excluding hydrogens is 238 g/mol. The summed E-state index contributed by atoms with van der Waals surface area (Å²) in [5.41, 5.74) is 2.39. The van der Waals surface area contributed by atoms with Crippen LogP contribution in [0.3, 0.4) is 0 Å². The molecule has 1 aromatic carbocycles. The fourth-order valence-corrected chi connectivity index (χ4v) is 2.39. The van der Waals surface area contributed by atoms with E-state index in [1.165, 1.54) is 11.1 Å². The summed E-state index contributed by atoms with van der Waals surface area (Å²) in [6.45, 7) is 6.36. The zero-order chi connectivity index (χ0) is 13.8. The van der Waals surface area contributed by atoms with E-state index in [9.17, 15) is 5.11 Å². The van der Waals surface area contributed by atoms with E-state index in [0.29, 0.717) is 6.42 Å². The second-order valence-electron chi connectivity index (χ2n) is 5.15. The molecule has 102 valence electrons. The number of benzene rings is 1. The van der Waals surface area contributed by atoms with Gasteiger partial charge in [-0.15, -0.1) is 0 Å². The van der Waals surface area contributed by atoms with Crippen LogP contribution in [-0.2, 0) is 6.42 Å². The molecule has 19 heavy (non-hydrogen) atoms. The molecule has 1 N–H and O–H groups in total. The quantitative estimate of drug-likeness (QED) is 0.897. The lowest BCUT2D eigenvalue weighted by Gasteiger charge is -2.18. The highest BCUT2D eigenvalue weighted by atomic mass is 16.3. The van der Waals surface area contributed by atoms with Crippen molar-refractivity contribution < 1.29 is 5.11 Å². The molecule has 1 atom stereocenters. The molecule has 0 aliphatic heterocycles. The lowest BCUT2D eigenvalue weighted by atomic mass is 9.92. The van der Waals surface area contributed by atoms with Gasteiger partial charge in [-0.25, -0.2) is 9.67 Å². The lowest BCUT2D eigenvalue weighted by Crippen LogP contribution is -2.15. The minimum atomic E-state index is 0.0721. The number of hydrogen-bond donors (Lipinski definition) is 1. The second-order valence-corrected chi connectivity index (χ2v) is 5.15. The van der Waals surface area contributed by atoms with Gasteiger partial charge in [0.1, 0.15) is 12.2 Å². The van der Waals surface area contributed by atoms with Crippen LogP contribution in [0.5, 0.6) is 0 Å². The summed E-state index contributed by atoms with van der Waals surface area (Å²) in [4.78, 5) is 4.32. The average molecular weight is 259 g/mol. The molecular formula is C15H21N3O. The molecule has 0 amide bonds. The zero-order valence-corrected chi connectivity index (χ0v) is 11.7. The topological polar surface area (TPSA) is 50.9 Å². The summed E-state index contributed by atoms with van der Waals surface area (Å²) in [6, 6.07) is 8.47. The predicted molar refractivity (Wildman–Crippen MR) is 75.1 cm³/mol. The Hall–Kier alpha value is -1.68. The van der Waals surface area contributed by atoms with E-state index in [2.05, 4.69) is 43.0 Å². The SMILES string of the molecule is Cc1ccccc1C(CO)Cc1ncnn1C(C)C. The van der Waals surface area contributed by atoms with Gasteiger partial charge in [-0.3, -0.25) is 0 Å². The smallest absolute Gasteiger partial charge is 0.138 e. The van der Waals surface area contributed by atoms with Crippen LogP contribution in [0.1, 0.15) is 42.8 Å². The second kappa shape index (κ2) is 5.97. The number of aliphatic hydroxyl groups is 1. The Labute approximate surface area is 114 Å². The largest absolute Gasteiger partial charge is 0.396 e. The Bertz CT molecular complexity index is 534. The summed E-state index contributed by atoms with van der Waals surface area (Å²) in [6.07, 6.45) is 2.29. The van der Waals surface area contributed by atoms with Gasteiger partial charge in [0.15, 0.2) is 0 Å². The van der Waals surface area contributed by atoms with Gasteiger partial charge in [0.2, 0.25) is 0 Å². The fourth-order valence-electron chi connectivity index (χ4n) is 2.39. The third-order valence-corrected chi connectivity index (χ3v) is 3.41. The number of aromatic nitrogens is 3. The van der Waals surface area contributed by atoms with Crippen LogP contribution in [0.2, 0.25) is 0 Å². The van der Waals surface area contributed by atoms with E-state index in [4.69, 9.17) is 0 Å². The maximum atomic E-state index is 9.67. The number of hydrogen-bond acceptors (Lipinski definition) is 3. The van der Waals surface area contributed by atoms with Crippen LogP contribution in [0, 0.1) is 6.92 Å². The van der Waals surface area contributed by atoms with Gasteiger partial charge in [-0.05, 0) is 31.9 Å². The van der Waals surface area contributed by atoms with Crippen molar-refractivity contribution in [2.75, 3.05) is 6.61 Å². The molecule has 0 radical (unpaired) electrons. The van der Waals surface area contributed by atoms with Crippen molar-refractivity contribution in [3.63, 3.8) is 0 Å². The Balaban J connectivity index is 2.25. The number of aryl methyl sites for hydroxylation is 1. The highest BCUT2D eigenvalue weighted by molar-refractivity contribution is 5.29. The van der Waals surface area contributed by atoms with Crippen LogP contribution < -0.4 is 0 Å². The molecule has 1 unspecified atom stereocenters. The monoisotopic (exact) mass is 259 g/mol. The molecule has 0 saturated carbocycles. The first-order valence-electron chi connectivity index (χ1n) is 6.68. The van der Waals surface area contributed by atoms with Crippen molar-refractivity contribution in [1.29, 1.82) is 0 Å². The van der Waals surface area contributed by atoms with E-state index in [0.717, 1.165) is 5.82 Å². The molecule has 0 fully saturated rings. The van der Waals surface area contributed by atoms with E-state index in [1.54, 1.807) is 6.33 Å². The summed E-state index contributed by atoms with van der Waals surface area (Å²) < 4.78 is 1.92. The van der Waals surface area contributed by atoms with Crippen LogP contribution in [-0.4, -0.2) is 26.5 Å². The van der Waals surface area contributed by atoms with Crippen molar-refractivity contribution in [2.24, 2.45) is 0 Å². The standard InChI is InChI=1S/C15H21N3O/c1-11(2)18-15(16-10-17-18)8-13(9-19)14-7-5-4-6-12(14)3/h4-7,10-11,13,19H,8-9H2,1-3H3. The molecule has 4 nitrogen and oxygen atoms in total. The average Bonchev–Trinajstić information content (AvgIpc) is 2.85. The Kier molecular flexibility index (Phi) is 4.32. The molecule has 2 rings (SSSR count). The van der Waals surface area contributed by atoms with Gasteiger partial charge >= 0.3 is 0 Å². The van der Waals surface area contributed by atoms with Crippen molar-refractivity contribution in [1.82, 2.24) is 14.8 Å². The first-order chi connectivity index (χ1) is 9.13. The maximum Gasteiger partial charge on any atom is 0.138 e. The van der Waals surface area contributed by atoms with Crippen molar-refractivity contribution in [3.05, 3.63) is 47.5 Å². The molecule has 0 aliphatic rings. The maximum absolute atomic E-state index is 9.67. The highest BCUT2D eigenvalue weighted by Gasteiger charge is 2.17. The molecule has 0 bridgehead atoms. The molecule has 0 aliphatic carbocycles. The molecule has 0 spiro atoms. The third-order valence-electron chi connectivity index (χ3n) is 3.41. The van der Waals surface area contributed by atoms with Crippen molar-refractivity contribution >= 4 is 0 Å². The minimum absolute atomic E-state index is 0.0721. The summed E-state index contributed by atoms with van der Waals surface area (Å²) in [5, 5.41) is 13.9. The lowest BCUT2D eigenvalue weighted by molar-refractivity contribution is 0.261. The summed E-state index contributed by atoms with van der Waals surface area (Å²) in [5.74, 6) is 1.00. The van der Waals surface area contributed by atoms with Crippen LogP contribution >= 0.6 is 0 Å². The Morgan fingerprint density at radius 1 is 1.26 bits per heavy atom. The molecule has 4 heteroatoms. The van der Waals surface area contributed by atoms with Crippen molar-refractivity contribution in [2.45, 2.75) is 39.2 Å². The molecule has 2 aromatic rings. The number of rotatable bonds is 5. The zero-order valence-electron chi connectivity index (χ0n) is 11.7. The first kappa shape index (κ1) is 13.7. The first-order valence-corrected chi connectivity index (χ1v) is 6.68. The highest BCUT2D eigenvalue weighted by Crippen LogP contribution is 2.23. The predicted octanol–water partition coefficient (Wildman–Crippen LogP) is 2.49. The summed E-state index contributed by atoms with van der Waals surface area (Å²) >= 11 is 0. The summed E-state index contributed by atoms with van der Waals surface area (Å²) in [7, 11) is 0. The normalized spacial score (nSPS) is 12.9. The molecule has 1 aromatic heterocycles. The van der Waals surface area contributed by atoms with Crippen LogP contribution in [0.15, 0.2) is 30.6 Å². The van der Waals surface area contributed by atoms with Gasteiger partial charge in [0.25, 0.3) is 0 Å². The van der Waals surface area contributed by atoms with E-state index in [-0.39, 0.29) is 18.6 Å². The van der Waals surface area contributed by atoms with Gasteiger partial charge in [-0.1, -0.05) is 24.3 Å². The van der Waals surface area contributed by atoms with Crippen LogP contribution in [0.4, 0.5) is 0 Å². The van der Waals surface area contributed by atoms with Crippen LogP contribution in [0.25, 0.3) is 0 Å². The minimum Gasteiger partial charge on any atom is -0.396 e. The van der Waals surface area contributed by atoms with E-state index < -0.39 is 0 Å². The molecule has 1 heterocycles. The van der Waals surface area contributed by atoms with E-state index >= 15 is 0 Å².